The lowest BCUT2D eigenvalue weighted by molar-refractivity contribution is 0.626. The summed E-state index contributed by atoms with van der Waals surface area (Å²) >= 11 is 5.87. The molecule has 1 N–H and O–H groups in total. The number of halogens is 2. The van der Waals surface area contributed by atoms with E-state index in [1.807, 2.05) is 6.07 Å². The normalized spacial score (nSPS) is 10.8. The minimum Gasteiger partial charge on any atom is -0.349 e. The molecule has 0 aliphatic carbocycles. The van der Waals surface area contributed by atoms with E-state index in [0.29, 0.717) is 23.2 Å². The number of hydrogen-bond donors (Lipinski definition) is 1. The van der Waals surface area contributed by atoms with Gasteiger partial charge in [0, 0.05) is 12.7 Å². The molecule has 0 spiro atoms. The highest BCUT2D eigenvalue weighted by Gasteiger charge is 2.03. The van der Waals surface area contributed by atoms with Gasteiger partial charge < -0.3 is 5.32 Å². The summed E-state index contributed by atoms with van der Waals surface area (Å²) in [4.78, 5) is 4.28. The number of hydrogen-bond acceptors (Lipinski definition) is 3. The van der Waals surface area contributed by atoms with Gasteiger partial charge in [-0.2, -0.15) is 4.98 Å². The van der Waals surface area contributed by atoms with Crippen LogP contribution in [0.3, 0.4) is 0 Å². The van der Waals surface area contributed by atoms with Gasteiger partial charge in [0.25, 0.3) is 0 Å². The number of fused-ring (bicyclic) bond motifs is 1. The Bertz CT molecular complexity index is 725. The Labute approximate surface area is 113 Å². The van der Waals surface area contributed by atoms with Crippen LogP contribution in [0, 0.1) is 5.82 Å². The van der Waals surface area contributed by atoms with Crippen molar-refractivity contribution in [3.05, 3.63) is 59.0 Å². The van der Waals surface area contributed by atoms with Crippen molar-refractivity contribution >= 4 is 23.2 Å². The van der Waals surface area contributed by atoms with Crippen molar-refractivity contribution in [3.63, 3.8) is 0 Å². The number of nitrogens with zero attached hydrogens (tertiary/aromatic N) is 3. The molecule has 3 rings (SSSR count). The maximum atomic E-state index is 13.0. The van der Waals surface area contributed by atoms with E-state index in [4.69, 9.17) is 11.6 Å². The monoisotopic (exact) mass is 276 g/mol. The van der Waals surface area contributed by atoms with Gasteiger partial charge in [-0.25, -0.2) is 8.91 Å². The number of pyridine rings is 1. The molecule has 0 aliphatic heterocycles. The minimum atomic E-state index is -0.256. The summed E-state index contributed by atoms with van der Waals surface area (Å²) in [5, 5.41) is 7.86. The third-order valence-electron chi connectivity index (χ3n) is 2.63. The number of benzene rings is 1. The second-order valence-electron chi connectivity index (χ2n) is 4.07. The zero-order valence-corrected chi connectivity index (χ0v) is 10.6. The van der Waals surface area contributed by atoms with Crippen molar-refractivity contribution in [1.82, 2.24) is 14.6 Å². The van der Waals surface area contributed by atoms with E-state index in [9.17, 15) is 4.39 Å². The first-order valence-electron chi connectivity index (χ1n) is 5.71. The highest BCUT2D eigenvalue weighted by atomic mass is 35.5. The molecule has 0 atom stereocenters. The van der Waals surface area contributed by atoms with Gasteiger partial charge in [-0.3, -0.25) is 0 Å². The molecule has 2 heterocycles. The fourth-order valence-corrected chi connectivity index (χ4v) is 1.92. The molecule has 96 valence electrons. The third-order valence-corrected chi connectivity index (χ3v) is 2.86. The number of nitrogens with one attached hydrogen (secondary N) is 1. The van der Waals surface area contributed by atoms with E-state index in [0.717, 1.165) is 5.56 Å². The topological polar surface area (TPSA) is 42.2 Å². The molecule has 0 saturated heterocycles. The van der Waals surface area contributed by atoms with Gasteiger partial charge in [0.2, 0.25) is 5.95 Å². The van der Waals surface area contributed by atoms with Gasteiger partial charge in [-0.15, -0.1) is 5.10 Å². The maximum Gasteiger partial charge on any atom is 0.243 e. The van der Waals surface area contributed by atoms with Crippen molar-refractivity contribution < 1.29 is 4.39 Å². The zero-order valence-electron chi connectivity index (χ0n) is 9.85. The predicted octanol–water partition coefficient (Wildman–Crippen LogP) is 3.13. The fraction of sp³-hybridized carbons (Fsp3) is 0.0769. The van der Waals surface area contributed by atoms with Crippen LogP contribution in [0.2, 0.25) is 5.02 Å². The molecular formula is C13H10ClFN4. The zero-order chi connectivity index (χ0) is 13.2. The molecule has 0 aliphatic rings. The van der Waals surface area contributed by atoms with Gasteiger partial charge in [-0.1, -0.05) is 23.7 Å². The van der Waals surface area contributed by atoms with Gasteiger partial charge in [-0.05, 0) is 29.8 Å². The molecular weight excluding hydrogens is 267 g/mol. The molecule has 1 aromatic carbocycles. The van der Waals surface area contributed by atoms with Crippen LogP contribution in [0.5, 0.6) is 0 Å². The van der Waals surface area contributed by atoms with Crippen LogP contribution in [0.1, 0.15) is 5.56 Å². The van der Waals surface area contributed by atoms with Crippen molar-refractivity contribution in [3.8, 4) is 0 Å². The summed E-state index contributed by atoms with van der Waals surface area (Å²) in [5.41, 5.74) is 1.53. The largest absolute Gasteiger partial charge is 0.349 e. The first-order valence-corrected chi connectivity index (χ1v) is 6.09. The molecule has 0 bridgehead atoms. The molecule has 0 saturated carbocycles. The van der Waals surface area contributed by atoms with E-state index in [-0.39, 0.29) is 5.82 Å². The van der Waals surface area contributed by atoms with Crippen LogP contribution >= 0.6 is 11.6 Å². The van der Waals surface area contributed by atoms with E-state index >= 15 is 0 Å². The molecule has 3 aromatic rings. The SMILES string of the molecule is Fc1cccc(CNc2nc3ccc(Cl)cn3n2)c1. The molecule has 6 heteroatoms. The van der Waals surface area contributed by atoms with Gasteiger partial charge in [0.1, 0.15) is 5.82 Å². The summed E-state index contributed by atoms with van der Waals surface area (Å²) in [5.74, 6) is 0.223. The Kier molecular flexibility index (Phi) is 3.05. The average Bonchev–Trinajstić information content (AvgIpc) is 2.78. The van der Waals surface area contributed by atoms with Crippen molar-refractivity contribution in [1.29, 1.82) is 0 Å². The summed E-state index contributed by atoms with van der Waals surface area (Å²) < 4.78 is 14.6. The molecule has 2 aromatic heterocycles. The quantitative estimate of drug-likeness (QED) is 0.799. The van der Waals surface area contributed by atoms with Crippen LogP contribution in [-0.2, 0) is 6.54 Å². The molecule has 0 radical (unpaired) electrons. The summed E-state index contributed by atoms with van der Waals surface area (Å²) in [6.45, 7) is 0.461. The Morgan fingerprint density at radius 3 is 3.00 bits per heavy atom. The summed E-state index contributed by atoms with van der Waals surface area (Å²) in [6.07, 6.45) is 1.68. The predicted molar refractivity (Wildman–Crippen MR) is 71.7 cm³/mol. The minimum absolute atomic E-state index is 0.256. The standard InChI is InChI=1S/C13H10ClFN4/c14-10-4-5-12-17-13(18-19(12)8-10)16-7-9-2-1-3-11(15)6-9/h1-6,8H,7H2,(H,16,18). The average molecular weight is 277 g/mol. The van der Waals surface area contributed by atoms with E-state index < -0.39 is 0 Å². The highest BCUT2D eigenvalue weighted by molar-refractivity contribution is 6.30. The van der Waals surface area contributed by atoms with Gasteiger partial charge in [0.15, 0.2) is 5.65 Å². The van der Waals surface area contributed by atoms with Crippen LogP contribution in [0.25, 0.3) is 5.65 Å². The van der Waals surface area contributed by atoms with Crippen LogP contribution in [0.15, 0.2) is 42.6 Å². The first-order chi connectivity index (χ1) is 9.20. The second-order valence-corrected chi connectivity index (χ2v) is 4.51. The Morgan fingerprint density at radius 2 is 2.16 bits per heavy atom. The van der Waals surface area contributed by atoms with Crippen LogP contribution < -0.4 is 5.32 Å². The second kappa shape index (κ2) is 4.85. The summed E-state index contributed by atoms with van der Waals surface area (Å²) in [7, 11) is 0. The molecule has 0 fully saturated rings. The Morgan fingerprint density at radius 1 is 1.26 bits per heavy atom. The van der Waals surface area contributed by atoms with Gasteiger partial charge >= 0.3 is 0 Å². The number of rotatable bonds is 3. The lowest BCUT2D eigenvalue weighted by atomic mass is 10.2. The van der Waals surface area contributed by atoms with Gasteiger partial charge in [0.05, 0.1) is 5.02 Å². The molecule has 4 nitrogen and oxygen atoms in total. The van der Waals surface area contributed by atoms with E-state index in [1.165, 1.54) is 12.1 Å². The van der Waals surface area contributed by atoms with Crippen molar-refractivity contribution in [2.75, 3.05) is 5.32 Å². The fourth-order valence-electron chi connectivity index (χ4n) is 1.76. The smallest absolute Gasteiger partial charge is 0.243 e. The molecule has 19 heavy (non-hydrogen) atoms. The Balaban J connectivity index is 1.78. The lowest BCUT2D eigenvalue weighted by Crippen LogP contribution is -2.01. The maximum absolute atomic E-state index is 13.0. The highest BCUT2D eigenvalue weighted by Crippen LogP contribution is 2.12. The first kappa shape index (κ1) is 11.9. The number of anilines is 1. The molecule has 0 amide bonds. The van der Waals surface area contributed by atoms with Crippen LogP contribution in [0.4, 0.5) is 10.3 Å². The molecule has 0 unspecified atom stereocenters. The van der Waals surface area contributed by atoms with E-state index in [1.54, 1.807) is 28.9 Å². The third kappa shape index (κ3) is 2.66. The van der Waals surface area contributed by atoms with E-state index in [2.05, 4.69) is 15.4 Å². The summed E-state index contributed by atoms with van der Waals surface area (Å²) in [6, 6.07) is 9.92. The van der Waals surface area contributed by atoms with Crippen LogP contribution in [-0.4, -0.2) is 14.6 Å². The number of aromatic nitrogens is 3. The lowest BCUT2D eigenvalue weighted by Gasteiger charge is -2.01. The van der Waals surface area contributed by atoms with Crippen molar-refractivity contribution in [2.45, 2.75) is 6.54 Å². The van der Waals surface area contributed by atoms with Crippen molar-refractivity contribution in [2.24, 2.45) is 0 Å². The Hall–Kier alpha value is -2.14.